The number of nitrogens with one attached hydrogen (secondary N) is 1. The molecule has 4 aromatic carbocycles. The van der Waals surface area contributed by atoms with Crippen LogP contribution in [0.4, 0.5) is 28.4 Å². The Balaban J connectivity index is 0.000000651. The van der Waals surface area contributed by atoms with Gasteiger partial charge in [0.05, 0.1) is 34.2 Å². The van der Waals surface area contributed by atoms with Crippen molar-refractivity contribution < 1.29 is 22.4 Å². The van der Waals surface area contributed by atoms with E-state index in [0.29, 0.717) is 12.2 Å². The molecule has 298 valence electrons. The zero-order valence-electron chi connectivity index (χ0n) is 33.4. The zero-order chi connectivity index (χ0) is 40.1. The third kappa shape index (κ3) is 8.34. The first-order valence-electron chi connectivity index (χ1n) is 20.0. The number of nitrogens with zero attached hydrogens (tertiary/aromatic N) is 5. The molecule has 5 aromatic rings. The Hall–Kier alpha value is -5.43. The summed E-state index contributed by atoms with van der Waals surface area (Å²) in [7, 11) is -3.67. The molecule has 8 rings (SSSR count). The number of aromatic nitrogens is 2. The van der Waals surface area contributed by atoms with Crippen molar-refractivity contribution >= 4 is 38.6 Å². The van der Waals surface area contributed by atoms with E-state index in [1.807, 2.05) is 55.6 Å². The lowest BCUT2D eigenvalue weighted by molar-refractivity contribution is 0.0573. The van der Waals surface area contributed by atoms with E-state index in [4.69, 9.17) is 24.0 Å². The minimum atomic E-state index is -3.67. The van der Waals surface area contributed by atoms with Gasteiger partial charge in [0.25, 0.3) is 10.1 Å². The molecule has 3 aliphatic heterocycles. The fourth-order valence-electron chi connectivity index (χ4n) is 7.88. The van der Waals surface area contributed by atoms with Gasteiger partial charge in [-0.2, -0.15) is 8.42 Å². The van der Waals surface area contributed by atoms with Gasteiger partial charge in [0.1, 0.15) is 6.17 Å². The Bertz CT molecular complexity index is 2320. The van der Waals surface area contributed by atoms with E-state index < -0.39 is 10.1 Å². The number of aryl methyl sites for hydroxylation is 1. The Labute approximate surface area is 336 Å². The van der Waals surface area contributed by atoms with Crippen LogP contribution < -0.4 is 19.7 Å². The molecule has 4 heterocycles. The van der Waals surface area contributed by atoms with Crippen LogP contribution in [0.1, 0.15) is 77.2 Å². The monoisotopic (exact) mass is 788 g/mol. The Kier molecular flexibility index (Phi) is 12.1. The molecule has 0 fully saturated rings. The lowest BCUT2D eigenvalue weighted by atomic mass is 9.93. The maximum Gasteiger partial charge on any atom is 0.264 e. The fourth-order valence-corrected chi connectivity index (χ4v) is 8.39. The van der Waals surface area contributed by atoms with E-state index in [0.717, 1.165) is 114 Å². The summed E-state index contributed by atoms with van der Waals surface area (Å²) in [5.41, 5.74) is 9.16. The minimum Gasteiger partial charge on any atom is -0.453 e. The molecule has 2 N–H and O–H groups in total. The van der Waals surface area contributed by atoms with Crippen LogP contribution in [0, 0.1) is 6.92 Å². The number of benzene rings is 4. The van der Waals surface area contributed by atoms with Crippen LogP contribution in [0.5, 0.6) is 23.0 Å². The lowest BCUT2D eigenvalue weighted by Gasteiger charge is -2.48. The highest BCUT2D eigenvalue weighted by Crippen LogP contribution is 2.59. The SMILES string of the molecule is CCCC1=CCN(CCC)C(c2c3c(cc(-c4nccc(C)n4)c2N2c4ccccc4Oc4ccccc42)Oc2ccccc2N3)N1CCC.CCCS(=O)(=O)O. The number of fused-ring (bicyclic) bond motifs is 4. The summed E-state index contributed by atoms with van der Waals surface area (Å²) in [5, 5.41) is 3.90. The van der Waals surface area contributed by atoms with Crippen LogP contribution in [0.15, 0.2) is 103 Å². The van der Waals surface area contributed by atoms with E-state index in [9.17, 15) is 8.42 Å². The molecule has 0 spiro atoms. The van der Waals surface area contributed by atoms with Gasteiger partial charge in [-0.25, -0.2) is 9.97 Å². The molecule has 1 unspecified atom stereocenters. The van der Waals surface area contributed by atoms with Crippen LogP contribution >= 0.6 is 0 Å². The topological polar surface area (TPSA) is 120 Å². The summed E-state index contributed by atoms with van der Waals surface area (Å²) in [5.74, 6) is 3.67. The zero-order valence-corrected chi connectivity index (χ0v) is 34.2. The summed E-state index contributed by atoms with van der Waals surface area (Å²) in [6.07, 6.45) is 8.82. The van der Waals surface area contributed by atoms with Crippen molar-refractivity contribution in [3.63, 3.8) is 0 Å². The van der Waals surface area contributed by atoms with Crippen molar-refractivity contribution in [2.45, 2.75) is 72.9 Å². The van der Waals surface area contributed by atoms with Crippen LogP contribution in [0.2, 0.25) is 0 Å². The Morgan fingerprint density at radius 2 is 1.46 bits per heavy atom. The first-order chi connectivity index (χ1) is 27.6. The van der Waals surface area contributed by atoms with E-state index in [-0.39, 0.29) is 11.9 Å². The summed E-state index contributed by atoms with van der Waals surface area (Å²) in [6.45, 7) is 13.2. The Morgan fingerprint density at radius 1 is 0.807 bits per heavy atom. The van der Waals surface area contributed by atoms with E-state index in [1.54, 1.807) is 6.92 Å². The van der Waals surface area contributed by atoms with Crippen LogP contribution in [-0.4, -0.2) is 58.1 Å². The second-order valence-electron chi connectivity index (χ2n) is 14.5. The van der Waals surface area contributed by atoms with E-state index in [2.05, 4.69) is 89.3 Å². The summed E-state index contributed by atoms with van der Waals surface area (Å²) in [4.78, 5) is 17.6. The maximum absolute atomic E-state index is 9.79. The average Bonchev–Trinajstić information content (AvgIpc) is 3.20. The second kappa shape index (κ2) is 17.4. The number of hydrogen-bond acceptors (Lipinski definition) is 10. The highest BCUT2D eigenvalue weighted by Gasteiger charge is 2.41. The van der Waals surface area contributed by atoms with Crippen molar-refractivity contribution in [1.82, 2.24) is 19.8 Å². The van der Waals surface area contributed by atoms with Crippen LogP contribution in [0.25, 0.3) is 11.4 Å². The largest absolute Gasteiger partial charge is 0.453 e. The van der Waals surface area contributed by atoms with Gasteiger partial charge in [-0.05, 0) is 81.1 Å². The normalized spacial score (nSPS) is 15.7. The van der Waals surface area contributed by atoms with Gasteiger partial charge in [-0.15, -0.1) is 0 Å². The quantitative estimate of drug-likeness (QED) is 0.122. The molecule has 0 aliphatic carbocycles. The number of para-hydroxylation sites is 6. The maximum atomic E-state index is 9.79. The predicted molar refractivity (Wildman–Crippen MR) is 228 cm³/mol. The molecule has 0 radical (unpaired) electrons. The first kappa shape index (κ1) is 39.8. The molecule has 3 aliphatic rings. The predicted octanol–water partition coefficient (Wildman–Crippen LogP) is 11.3. The molecule has 0 saturated heterocycles. The summed E-state index contributed by atoms with van der Waals surface area (Å²) < 4.78 is 41.0. The lowest BCUT2D eigenvalue weighted by Crippen LogP contribution is -2.46. The molecule has 57 heavy (non-hydrogen) atoms. The number of anilines is 5. The molecule has 12 heteroatoms. The summed E-state index contributed by atoms with van der Waals surface area (Å²) in [6, 6.07) is 28.9. The highest BCUT2D eigenvalue weighted by atomic mass is 32.2. The molecule has 11 nitrogen and oxygen atoms in total. The molecule has 1 atom stereocenters. The van der Waals surface area contributed by atoms with E-state index in [1.165, 1.54) is 5.70 Å². The van der Waals surface area contributed by atoms with Crippen molar-refractivity contribution in [1.29, 1.82) is 0 Å². The van der Waals surface area contributed by atoms with Gasteiger partial charge in [-0.1, -0.05) is 76.6 Å². The van der Waals surface area contributed by atoms with Crippen LogP contribution in [-0.2, 0) is 10.1 Å². The van der Waals surface area contributed by atoms with Gasteiger partial charge in [0.2, 0.25) is 0 Å². The number of allylic oxidation sites excluding steroid dienone is 1. The van der Waals surface area contributed by atoms with Gasteiger partial charge in [0, 0.05) is 48.3 Å². The number of hydrogen-bond donors (Lipinski definition) is 2. The molecular weight excluding hydrogens is 737 g/mol. The third-order valence-corrected chi connectivity index (χ3v) is 11.1. The molecular formula is C45H52N6O5S. The fraction of sp³-hybridized carbons (Fsp3) is 0.333. The van der Waals surface area contributed by atoms with E-state index >= 15 is 0 Å². The number of ether oxygens (including phenoxy) is 2. The summed E-state index contributed by atoms with van der Waals surface area (Å²) >= 11 is 0. The van der Waals surface area contributed by atoms with Crippen molar-refractivity contribution in [3.05, 3.63) is 114 Å². The molecule has 0 bridgehead atoms. The number of rotatable bonds is 11. The van der Waals surface area contributed by atoms with Gasteiger partial charge < -0.3 is 24.6 Å². The van der Waals surface area contributed by atoms with Gasteiger partial charge >= 0.3 is 0 Å². The standard InChI is InChI=1S/C42H44N6O2.C3H8O3S/c1-5-14-29-22-26-46(24-6-2)42(47(29)25-7-3)38-39-37(49-34-18-11-8-15-31(34)45-39)27-30(41-43-23-21-28(4)44-41)40(38)48-32-16-9-12-19-35(32)50-36-20-13-10-17-33(36)48;1-2-3-7(4,5)6/h8-13,15-23,27,42,45H,5-7,14,24-26H2,1-4H3;2-3H2,1H3,(H,4,5,6). The first-order valence-corrected chi connectivity index (χ1v) is 21.6. The van der Waals surface area contributed by atoms with Gasteiger partial charge in [-0.3, -0.25) is 9.45 Å². The smallest absolute Gasteiger partial charge is 0.264 e. The third-order valence-electron chi connectivity index (χ3n) is 10.1. The molecule has 1 aromatic heterocycles. The van der Waals surface area contributed by atoms with Crippen LogP contribution in [0.3, 0.4) is 0 Å². The Morgan fingerprint density at radius 3 is 2.07 bits per heavy atom. The highest BCUT2D eigenvalue weighted by molar-refractivity contribution is 7.85. The van der Waals surface area contributed by atoms with Crippen molar-refractivity contribution in [2.24, 2.45) is 0 Å². The van der Waals surface area contributed by atoms with Crippen molar-refractivity contribution in [2.75, 3.05) is 35.6 Å². The molecule has 0 amide bonds. The molecule has 0 saturated carbocycles. The van der Waals surface area contributed by atoms with Gasteiger partial charge in [0.15, 0.2) is 28.8 Å². The average molecular weight is 789 g/mol. The van der Waals surface area contributed by atoms with Crippen molar-refractivity contribution in [3.8, 4) is 34.4 Å². The second-order valence-corrected chi connectivity index (χ2v) is 16.0. The minimum absolute atomic E-state index is 0.0986.